The summed E-state index contributed by atoms with van der Waals surface area (Å²) in [6.07, 6.45) is 6.01. The molecule has 0 aliphatic heterocycles. The SMILES string of the molecule is Cc1nnc(SCC(O)CC2CCCC2)n1C. The molecule has 5 heteroatoms. The number of aliphatic hydroxyl groups is 1. The average Bonchev–Trinajstić information content (AvgIpc) is 2.90. The van der Waals surface area contributed by atoms with Gasteiger partial charge in [0.2, 0.25) is 0 Å². The maximum atomic E-state index is 9.99. The first kappa shape index (κ1) is 12.9. The number of thioether (sulfide) groups is 1. The van der Waals surface area contributed by atoms with Crippen molar-refractivity contribution in [2.75, 3.05) is 5.75 Å². The predicted molar refractivity (Wildman–Crippen MR) is 69.0 cm³/mol. The molecule has 1 heterocycles. The monoisotopic (exact) mass is 255 g/mol. The highest BCUT2D eigenvalue weighted by Crippen LogP contribution is 2.29. The van der Waals surface area contributed by atoms with Gasteiger partial charge in [-0.25, -0.2) is 0 Å². The van der Waals surface area contributed by atoms with Gasteiger partial charge in [-0.05, 0) is 19.3 Å². The van der Waals surface area contributed by atoms with Crippen molar-refractivity contribution in [1.29, 1.82) is 0 Å². The van der Waals surface area contributed by atoms with Crippen LogP contribution in [-0.2, 0) is 7.05 Å². The van der Waals surface area contributed by atoms with Crippen LogP contribution in [0.5, 0.6) is 0 Å². The number of aliphatic hydroxyl groups excluding tert-OH is 1. The molecule has 1 aromatic rings. The number of aromatic nitrogens is 3. The molecule has 0 amide bonds. The van der Waals surface area contributed by atoms with Gasteiger partial charge in [-0.15, -0.1) is 10.2 Å². The lowest BCUT2D eigenvalue weighted by molar-refractivity contribution is 0.165. The zero-order valence-corrected chi connectivity index (χ0v) is 11.4. The molecule has 1 aliphatic rings. The third-order valence-corrected chi connectivity index (χ3v) is 4.70. The molecule has 96 valence electrons. The fourth-order valence-corrected chi connectivity index (χ4v) is 3.28. The van der Waals surface area contributed by atoms with E-state index in [9.17, 15) is 5.11 Å². The zero-order valence-electron chi connectivity index (χ0n) is 10.6. The molecule has 0 aromatic carbocycles. The Morgan fingerprint density at radius 2 is 2.12 bits per heavy atom. The van der Waals surface area contributed by atoms with Gasteiger partial charge in [0, 0.05) is 12.8 Å². The van der Waals surface area contributed by atoms with Crippen LogP contribution in [0.1, 0.15) is 37.9 Å². The topological polar surface area (TPSA) is 50.9 Å². The highest BCUT2D eigenvalue weighted by molar-refractivity contribution is 7.99. The zero-order chi connectivity index (χ0) is 12.3. The Hall–Kier alpha value is -0.550. The van der Waals surface area contributed by atoms with Gasteiger partial charge in [-0.3, -0.25) is 0 Å². The summed E-state index contributed by atoms with van der Waals surface area (Å²) in [5.74, 6) is 2.38. The molecule has 2 rings (SSSR count). The van der Waals surface area contributed by atoms with Crippen molar-refractivity contribution in [2.45, 2.75) is 50.3 Å². The lowest BCUT2D eigenvalue weighted by atomic mass is 10.0. The largest absolute Gasteiger partial charge is 0.392 e. The van der Waals surface area contributed by atoms with Crippen molar-refractivity contribution in [3.63, 3.8) is 0 Å². The summed E-state index contributed by atoms with van der Waals surface area (Å²) in [5.41, 5.74) is 0. The van der Waals surface area contributed by atoms with Crippen molar-refractivity contribution in [2.24, 2.45) is 13.0 Å². The van der Waals surface area contributed by atoms with Crippen LogP contribution in [0.25, 0.3) is 0 Å². The second kappa shape index (κ2) is 5.87. The van der Waals surface area contributed by atoms with Gasteiger partial charge >= 0.3 is 0 Å². The summed E-state index contributed by atoms with van der Waals surface area (Å²) < 4.78 is 1.97. The van der Waals surface area contributed by atoms with Gasteiger partial charge in [-0.1, -0.05) is 37.4 Å². The van der Waals surface area contributed by atoms with Crippen molar-refractivity contribution in [1.82, 2.24) is 14.8 Å². The van der Waals surface area contributed by atoms with Gasteiger partial charge in [0.05, 0.1) is 6.10 Å². The molecule has 0 radical (unpaired) electrons. The summed E-state index contributed by atoms with van der Waals surface area (Å²) in [4.78, 5) is 0. The molecule has 1 unspecified atom stereocenters. The van der Waals surface area contributed by atoms with Gasteiger partial charge in [-0.2, -0.15) is 0 Å². The molecule has 1 aliphatic carbocycles. The lowest BCUT2D eigenvalue weighted by Gasteiger charge is -2.14. The molecule has 1 atom stereocenters. The van der Waals surface area contributed by atoms with Crippen molar-refractivity contribution in [3.05, 3.63) is 5.82 Å². The van der Waals surface area contributed by atoms with E-state index in [-0.39, 0.29) is 6.10 Å². The van der Waals surface area contributed by atoms with Gasteiger partial charge in [0.25, 0.3) is 0 Å². The molecule has 4 nitrogen and oxygen atoms in total. The molecule has 17 heavy (non-hydrogen) atoms. The molecule has 0 saturated heterocycles. The van der Waals surface area contributed by atoms with E-state index < -0.39 is 0 Å². The number of aryl methyl sites for hydroxylation is 1. The fourth-order valence-electron chi connectivity index (χ4n) is 2.38. The summed E-state index contributed by atoms with van der Waals surface area (Å²) in [7, 11) is 1.96. The standard InChI is InChI=1S/C12H21N3OS/c1-9-13-14-12(15(9)2)17-8-11(16)7-10-5-3-4-6-10/h10-11,16H,3-8H2,1-2H3. The maximum absolute atomic E-state index is 9.99. The predicted octanol–water partition coefficient (Wildman–Crippen LogP) is 2.16. The van der Waals surface area contributed by atoms with Gasteiger partial charge in [0.1, 0.15) is 5.82 Å². The number of hydrogen-bond acceptors (Lipinski definition) is 4. The Kier molecular flexibility index (Phi) is 4.45. The summed E-state index contributed by atoms with van der Waals surface area (Å²) in [5, 5.41) is 19.0. The molecule has 0 bridgehead atoms. The number of hydrogen-bond donors (Lipinski definition) is 1. The first-order valence-electron chi connectivity index (χ1n) is 6.33. The molecular weight excluding hydrogens is 234 g/mol. The fraction of sp³-hybridized carbons (Fsp3) is 0.833. The minimum absolute atomic E-state index is 0.208. The van der Waals surface area contributed by atoms with Gasteiger partial charge in [0.15, 0.2) is 5.16 Å². The smallest absolute Gasteiger partial charge is 0.191 e. The maximum Gasteiger partial charge on any atom is 0.191 e. The van der Waals surface area contributed by atoms with E-state index in [2.05, 4.69) is 10.2 Å². The van der Waals surface area contributed by atoms with E-state index in [1.54, 1.807) is 11.8 Å². The third-order valence-electron chi connectivity index (χ3n) is 3.54. The minimum atomic E-state index is -0.208. The summed E-state index contributed by atoms with van der Waals surface area (Å²) in [6, 6.07) is 0. The molecule has 1 aromatic heterocycles. The van der Waals surface area contributed by atoms with E-state index in [4.69, 9.17) is 0 Å². The molecule has 0 spiro atoms. The van der Waals surface area contributed by atoms with Crippen LogP contribution in [-0.4, -0.2) is 31.7 Å². The first-order valence-corrected chi connectivity index (χ1v) is 7.32. The summed E-state index contributed by atoms with van der Waals surface area (Å²) in [6.45, 7) is 1.94. The van der Waals surface area contributed by atoms with Crippen molar-refractivity contribution >= 4 is 11.8 Å². The van der Waals surface area contributed by atoms with Crippen LogP contribution >= 0.6 is 11.8 Å². The second-order valence-electron chi connectivity index (χ2n) is 4.94. The van der Waals surface area contributed by atoms with Crippen LogP contribution < -0.4 is 0 Å². The van der Waals surface area contributed by atoms with Crippen molar-refractivity contribution in [3.8, 4) is 0 Å². The Morgan fingerprint density at radius 1 is 1.41 bits per heavy atom. The highest BCUT2D eigenvalue weighted by Gasteiger charge is 2.19. The molecule has 1 N–H and O–H groups in total. The summed E-state index contributed by atoms with van der Waals surface area (Å²) >= 11 is 1.60. The molecular formula is C12H21N3OS. The third kappa shape index (κ3) is 3.45. The first-order chi connectivity index (χ1) is 8.16. The van der Waals surface area contributed by atoms with Crippen LogP contribution in [0.2, 0.25) is 0 Å². The Labute approximate surface area is 107 Å². The van der Waals surface area contributed by atoms with E-state index >= 15 is 0 Å². The van der Waals surface area contributed by atoms with E-state index in [0.29, 0.717) is 0 Å². The lowest BCUT2D eigenvalue weighted by Crippen LogP contribution is -2.14. The van der Waals surface area contributed by atoms with E-state index in [1.165, 1.54) is 25.7 Å². The second-order valence-corrected chi connectivity index (χ2v) is 5.93. The quantitative estimate of drug-likeness (QED) is 0.819. The van der Waals surface area contributed by atoms with Crippen molar-refractivity contribution < 1.29 is 5.11 Å². The van der Waals surface area contributed by atoms with Crippen LogP contribution in [0.4, 0.5) is 0 Å². The Morgan fingerprint density at radius 3 is 2.71 bits per heavy atom. The highest BCUT2D eigenvalue weighted by atomic mass is 32.2. The average molecular weight is 255 g/mol. The Bertz CT molecular complexity index is 361. The van der Waals surface area contributed by atoms with Crippen LogP contribution in [0.3, 0.4) is 0 Å². The minimum Gasteiger partial charge on any atom is -0.392 e. The Balaban J connectivity index is 1.75. The van der Waals surface area contributed by atoms with Gasteiger partial charge < -0.3 is 9.67 Å². The molecule has 1 fully saturated rings. The van der Waals surface area contributed by atoms with E-state index in [1.807, 2.05) is 18.5 Å². The van der Waals surface area contributed by atoms with Crippen LogP contribution in [0.15, 0.2) is 5.16 Å². The van der Waals surface area contributed by atoms with Crippen LogP contribution in [0, 0.1) is 12.8 Å². The normalized spacial score (nSPS) is 18.8. The molecule has 1 saturated carbocycles. The number of rotatable bonds is 5. The van der Waals surface area contributed by atoms with E-state index in [0.717, 1.165) is 29.1 Å². The number of nitrogens with zero attached hydrogens (tertiary/aromatic N) is 3.